The van der Waals surface area contributed by atoms with E-state index in [4.69, 9.17) is 16.3 Å². The summed E-state index contributed by atoms with van der Waals surface area (Å²) < 4.78 is 6.55. The van der Waals surface area contributed by atoms with Gasteiger partial charge in [-0.1, -0.05) is 50.6 Å². The van der Waals surface area contributed by atoms with Crippen molar-refractivity contribution in [2.75, 3.05) is 6.61 Å². The van der Waals surface area contributed by atoms with Crippen LogP contribution in [0.15, 0.2) is 28.9 Å². The summed E-state index contributed by atoms with van der Waals surface area (Å²) >= 11 is 9.56. The molecule has 1 aromatic carbocycles. The molecule has 0 atom stereocenters. The Morgan fingerprint density at radius 2 is 1.86 bits per heavy atom. The third-order valence-corrected chi connectivity index (χ3v) is 4.19. The summed E-state index contributed by atoms with van der Waals surface area (Å²) in [7, 11) is 0. The Bertz CT molecular complexity index is 588. The summed E-state index contributed by atoms with van der Waals surface area (Å²) in [6.45, 7) is 3.00. The van der Waals surface area contributed by atoms with E-state index < -0.39 is 0 Å². The lowest BCUT2D eigenvalue weighted by Crippen LogP contribution is -1.97. The largest absolute Gasteiger partial charge is 0.494 e. The molecule has 114 valence electrons. The predicted molar refractivity (Wildman–Crippen MR) is 93.3 cm³/mol. The molecule has 0 spiro atoms. The highest BCUT2D eigenvalue weighted by Gasteiger charge is 2.04. The molecule has 2 nitrogen and oxygen atoms in total. The Balaban J connectivity index is 1.85. The van der Waals surface area contributed by atoms with Crippen LogP contribution in [0.25, 0.3) is 10.9 Å². The maximum Gasteiger partial charge on any atom is 0.121 e. The molecule has 1 heterocycles. The number of ether oxygens (including phenoxy) is 1. The van der Waals surface area contributed by atoms with Crippen molar-refractivity contribution in [2.45, 2.75) is 45.4 Å². The Morgan fingerprint density at radius 1 is 1.10 bits per heavy atom. The van der Waals surface area contributed by atoms with Gasteiger partial charge in [-0.05, 0) is 40.5 Å². The normalized spacial score (nSPS) is 11.0. The van der Waals surface area contributed by atoms with Crippen molar-refractivity contribution in [1.29, 1.82) is 0 Å². The summed E-state index contributed by atoms with van der Waals surface area (Å²) in [5, 5.41) is 1.65. The first-order chi connectivity index (χ1) is 10.2. The molecule has 0 aliphatic rings. The van der Waals surface area contributed by atoms with E-state index in [2.05, 4.69) is 27.8 Å². The first-order valence-corrected chi connectivity index (χ1v) is 8.76. The van der Waals surface area contributed by atoms with Gasteiger partial charge in [0.25, 0.3) is 0 Å². The van der Waals surface area contributed by atoms with Gasteiger partial charge in [-0.15, -0.1) is 0 Å². The zero-order valence-corrected chi connectivity index (χ0v) is 14.7. The fourth-order valence-electron chi connectivity index (χ4n) is 2.30. The Hall–Kier alpha value is -0.800. The molecule has 0 amide bonds. The molecule has 0 N–H and O–H groups in total. The topological polar surface area (TPSA) is 22.1 Å². The number of hydrogen-bond donors (Lipinski definition) is 0. The Kier molecular flexibility index (Phi) is 6.78. The van der Waals surface area contributed by atoms with Crippen molar-refractivity contribution in [2.24, 2.45) is 0 Å². The fraction of sp³-hybridized carbons (Fsp3) is 0.471. The number of unbranched alkanes of at least 4 members (excludes halogenated alkanes) is 5. The highest BCUT2D eigenvalue weighted by molar-refractivity contribution is 9.10. The lowest BCUT2D eigenvalue weighted by molar-refractivity contribution is 0.304. The molecule has 0 aliphatic heterocycles. The van der Waals surface area contributed by atoms with Crippen LogP contribution in [0.5, 0.6) is 5.75 Å². The lowest BCUT2D eigenvalue weighted by Gasteiger charge is -2.08. The van der Waals surface area contributed by atoms with Crippen molar-refractivity contribution in [3.8, 4) is 5.75 Å². The minimum absolute atomic E-state index is 0.703. The summed E-state index contributed by atoms with van der Waals surface area (Å²) in [6, 6.07) is 7.68. The van der Waals surface area contributed by atoms with Gasteiger partial charge in [-0.3, -0.25) is 0 Å². The van der Waals surface area contributed by atoms with Gasteiger partial charge in [0, 0.05) is 11.5 Å². The van der Waals surface area contributed by atoms with Crippen LogP contribution < -0.4 is 4.74 Å². The quantitative estimate of drug-likeness (QED) is 0.397. The van der Waals surface area contributed by atoms with Gasteiger partial charge in [-0.2, -0.15) is 0 Å². The second-order valence-corrected chi connectivity index (χ2v) is 6.44. The van der Waals surface area contributed by atoms with E-state index in [1.54, 1.807) is 6.07 Å². The van der Waals surface area contributed by atoms with Crippen molar-refractivity contribution < 1.29 is 4.74 Å². The first kappa shape index (κ1) is 16.6. The van der Waals surface area contributed by atoms with Crippen LogP contribution in [-0.2, 0) is 0 Å². The summed E-state index contributed by atoms with van der Waals surface area (Å²) in [5.41, 5.74) is 0.856. The van der Waals surface area contributed by atoms with E-state index in [-0.39, 0.29) is 0 Å². The van der Waals surface area contributed by atoms with Gasteiger partial charge in [0.05, 0.1) is 17.1 Å². The number of pyridine rings is 1. The average molecular weight is 371 g/mol. The molecule has 2 rings (SSSR count). The van der Waals surface area contributed by atoms with Crippen LogP contribution >= 0.6 is 27.5 Å². The number of fused-ring (bicyclic) bond motifs is 1. The smallest absolute Gasteiger partial charge is 0.121 e. The minimum Gasteiger partial charge on any atom is -0.494 e. The molecule has 0 bridgehead atoms. The van der Waals surface area contributed by atoms with E-state index in [1.807, 2.05) is 18.2 Å². The number of halogens is 2. The van der Waals surface area contributed by atoms with Crippen molar-refractivity contribution in [1.82, 2.24) is 4.98 Å². The molecule has 0 aliphatic carbocycles. The van der Waals surface area contributed by atoms with Crippen LogP contribution in [0, 0.1) is 0 Å². The Labute approximate surface area is 140 Å². The molecule has 2 aromatic rings. The summed E-state index contributed by atoms with van der Waals surface area (Å²) in [5.74, 6) is 0.859. The van der Waals surface area contributed by atoms with E-state index in [1.165, 1.54) is 32.1 Å². The van der Waals surface area contributed by atoms with Crippen LogP contribution in [0.2, 0.25) is 5.02 Å². The molecule has 0 unspecified atom stereocenters. The number of hydrogen-bond acceptors (Lipinski definition) is 2. The van der Waals surface area contributed by atoms with Crippen molar-refractivity contribution >= 4 is 38.4 Å². The number of benzene rings is 1. The van der Waals surface area contributed by atoms with Gasteiger partial charge in [-0.25, -0.2) is 4.98 Å². The number of rotatable bonds is 8. The first-order valence-electron chi connectivity index (χ1n) is 7.59. The summed E-state index contributed by atoms with van der Waals surface area (Å²) in [4.78, 5) is 4.43. The van der Waals surface area contributed by atoms with Gasteiger partial charge in [0.2, 0.25) is 0 Å². The van der Waals surface area contributed by atoms with Crippen LogP contribution in [0.4, 0.5) is 0 Å². The molecular weight excluding hydrogens is 350 g/mol. The van der Waals surface area contributed by atoms with Gasteiger partial charge in [0.1, 0.15) is 10.4 Å². The maximum atomic E-state index is 6.19. The van der Waals surface area contributed by atoms with E-state index >= 15 is 0 Å². The second-order valence-electron chi connectivity index (χ2n) is 5.22. The zero-order valence-electron chi connectivity index (χ0n) is 12.4. The zero-order chi connectivity index (χ0) is 15.1. The highest BCUT2D eigenvalue weighted by atomic mass is 79.9. The number of aromatic nitrogens is 1. The van der Waals surface area contributed by atoms with Crippen LogP contribution in [-0.4, -0.2) is 11.6 Å². The standard InChI is InChI=1S/C17H21BrClNO/c1-2-3-4-5-6-7-10-21-13-8-9-14-15(19)12-17(18)20-16(14)11-13/h8-9,11-12H,2-7,10H2,1H3. The van der Waals surface area contributed by atoms with E-state index in [0.717, 1.165) is 34.3 Å². The van der Waals surface area contributed by atoms with Crippen molar-refractivity contribution in [3.63, 3.8) is 0 Å². The fourth-order valence-corrected chi connectivity index (χ4v) is 3.11. The molecule has 0 radical (unpaired) electrons. The molecular formula is C17H21BrClNO. The van der Waals surface area contributed by atoms with Gasteiger partial charge >= 0.3 is 0 Å². The SMILES string of the molecule is CCCCCCCCOc1ccc2c(Cl)cc(Br)nc2c1. The molecule has 0 saturated heterocycles. The van der Waals surface area contributed by atoms with Gasteiger partial charge in [0.15, 0.2) is 0 Å². The van der Waals surface area contributed by atoms with E-state index in [9.17, 15) is 0 Å². The predicted octanol–water partition coefficient (Wildman–Crippen LogP) is 6.39. The molecule has 21 heavy (non-hydrogen) atoms. The molecule has 1 aromatic heterocycles. The monoisotopic (exact) mass is 369 g/mol. The van der Waals surface area contributed by atoms with Crippen molar-refractivity contribution in [3.05, 3.63) is 33.9 Å². The Morgan fingerprint density at radius 3 is 2.67 bits per heavy atom. The average Bonchev–Trinajstić information content (AvgIpc) is 2.45. The van der Waals surface area contributed by atoms with E-state index in [0.29, 0.717) is 5.02 Å². The second kappa shape index (κ2) is 8.60. The highest BCUT2D eigenvalue weighted by Crippen LogP contribution is 2.28. The third-order valence-electron chi connectivity index (χ3n) is 3.47. The third kappa shape index (κ3) is 5.15. The maximum absolute atomic E-state index is 6.19. The molecule has 0 saturated carbocycles. The summed E-state index contributed by atoms with van der Waals surface area (Å²) in [6.07, 6.45) is 7.62. The molecule has 4 heteroatoms. The van der Waals surface area contributed by atoms with Gasteiger partial charge < -0.3 is 4.74 Å². The number of nitrogens with zero attached hydrogens (tertiary/aromatic N) is 1. The van der Waals surface area contributed by atoms with Crippen LogP contribution in [0.3, 0.4) is 0 Å². The van der Waals surface area contributed by atoms with Crippen LogP contribution in [0.1, 0.15) is 45.4 Å². The minimum atomic E-state index is 0.703. The molecule has 0 fully saturated rings. The lowest BCUT2D eigenvalue weighted by atomic mass is 10.1.